The Balaban J connectivity index is 2.50. The van der Waals surface area contributed by atoms with Crippen LogP contribution in [0.2, 0.25) is 0 Å². The van der Waals surface area contributed by atoms with E-state index in [1.807, 2.05) is 0 Å². The molecule has 78 valence electrons. The Kier molecular flexibility index (Phi) is 2.29. The topological polar surface area (TPSA) is 61.6 Å². The highest BCUT2D eigenvalue weighted by molar-refractivity contribution is 5.80. The second-order valence-corrected chi connectivity index (χ2v) is 2.88. The lowest BCUT2D eigenvalue weighted by Gasteiger charge is -1.96. The number of hydrogen-bond donors (Lipinski definition) is 0. The van der Waals surface area contributed by atoms with Gasteiger partial charge in [0.2, 0.25) is 0 Å². The van der Waals surface area contributed by atoms with Crippen molar-refractivity contribution in [2.75, 3.05) is 7.11 Å². The molecule has 0 atom stereocenters. The Bertz CT molecular complexity index is 503. The van der Waals surface area contributed by atoms with E-state index in [0.717, 1.165) is 0 Å². The summed E-state index contributed by atoms with van der Waals surface area (Å²) in [5.74, 6) is 0.107. The molecule has 0 aliphatic heterocycles. The van der Waals surface area contributed by atoms with E-state index in [1.165, 1.54) is 14.0 Å². The summed E-state index contributed by atoms with van der Waals surface area (Å²) < 4.78 is 15.0. The van der Waals surface area contributed by atoms with Crippen LogP contribution >= 0.6 is 0 Å². The average molecular weight is 207 g/mol. The molecule has 0 spiro atoms. The third kappa shape index (κ3) is 1.76. The van der Waals surface area contributed by atoms with Gasteiger partial charge in [0.25, 0.3) is 0 Å². The van der Waals surface area contributed by atoms with Crippen LogP contribution in [0.3, 0.4) is 0 Å². The maximum absolute atomic E-state index is 10.7. The molecule has 0 unspecified atom stereocenters. The maximum atomic E-state index is 10.7. The first-order chi connectivity index (χ1) is 7.20. The second kappa shape index (κ2) is 3.61. The first kappa shape index (κ1) is 9.51. The highest BCUT2D eigenvalue weighted by Crippen LogP contribution is 2.28. The summed E-state index contributed by atoms with van der Waals surface area (Å²) in [4.78, 5) is 14.7. The number of rotatable bonds is 2. The number of ether oxygens (including phenoxy) is 2. The Morgan fingerprint density at radius 2 is 2.27 bits per heavy atom. The normalized spacial score (nSPS) is 10.3. The van der Waals surface area contributed by atoms with Crippen molar-refractivity contribution in [3.8, 4) is 11.8 Å². The van der Waals surface area contributed by atoms with Gasteiger partial charge in [-0.1, -0.05) is 6.07 Å². The number of nitrogens with zero attached hydrogens (tertiary/aromatic N) is 1. The summed E-state index contributed by atoms with van der Waals surface area (Å²) in [6.45, 7) is 1.28. The van der Waals surface area contributed by atoms with Crippen molar-refractivity contribution in [1.82, 2.24) is 4.98 Å². The molecule has 0 radical (unpaired) electrons. The molecule has 15 heavy (non-hydrogen) atoms. The molecular weight excluding hydrogens is 198 g/mol. The lowest BCUT2D eigenvalue weighted by Crippen LogP contribution is -2.00. The molecule has 5 nitrogen and oxygen atoms in total. The summed E-state index contributed by atoms with van der Waals surface area (Å²) in [5, 5.41) is 0. The Morgan fingerprint density at radius 1 is 1.47 bits per heavy atom. The van der Waals surface area contributed by atoms with Gasteiger partial charge >= 0.3 is 12.0 Å². The SMILES string of the molecule is COc1cccc2oc(OC(C)=O)nc12. The number of aromatic nitrogens is 1. The van der Waals surface area contributed by atoms with Crippen molar-refractivity contribution in [3.05, 3.63) is 18.2 Å². The largest absolute Gasteiger partial charge is 0.494 e. The van der Waals surface area contributed by atoms with Crippen LogP contribution in [0.4, 0.5) is 0 Å². The zero-order valence-corrected chi connectivity index (χ0v) is 8.31. The summed E-state index contributed by atoms with van der Waals surface area (Å²) in [7, 11) is 1.54. The van der Waals surface area contributed by atoms with E-state index in [2.05, 4.69) is 4.98 Å². The number of fused-ring (bicyclic) bond motifs is 1. The number of para-hydroxylation sites is 1. The first-order valence-corrected chi connectivity index (χ1v) is 4.32. The zero-order chi connectivity index (χ0) is 10.8. The molecule has 1 aromatic heterocycles. The van der Waals surface area contributed by atoms with Gasteiger partial charge in [-0.05, 0) is 12.1 Å². The van der Waals surface area contributed by atoms with E-state index in [4.69, 9.17) is 13.9 Å². The molecule has 0 fully saturated rings. The first-order valence-electron chi connectivity index (χ1n) is 4.32. The Hall–Kier alpha value is -2.04. The standard InChI is InChI=1S/C10H9NO4/c1-6(12)14-10-11-9-7(13-2)4-3-5-8(9)15-10/h3-5H,1-2H3. The van der Waals surface area contributed by atoms with Crippen LogP contribution in [0.1, 0.15) is 6.92 Å². The molecule has 0 amide bonds. The number of benzene rings is 1. The second-order valence-electron chi connectivity index (χ2n) is 2.88. The van der Waals surface area contributed by atoms with Crippen LogP contribution in [-0.2, 0) is 4.79 Å². The van der Waals surface area contributed by atoms with Crippen molar-refractivity contribution in [3.63, 3.8) is 0 Å². The Labute approximate surface area is 85.6 Å². The fourth-order valence-corrected chi connectivity index (χ4v) is 1.23. The van der Waals surface area contributed by atoms with Crippen molar-refractivity contribution >= 4 is 17.1 Å². The fourth-order valence-electron chi connectivity index (χ4n) is 1.23. The van der Waals surface area contributed by atoms with E-state index >= 15 is 0 Å². The van der Waals surface area contributed by atoms with E-state index in [9.17, 15) is 4.79 Å². The van der Waals surface area contributed by atoms with Crippen LogP contribution in [-0.4, -0.2) is 18.1 Å². The van der Waals surface area contributed by atoms with Crippen LogP contribution in [0, 0.1) is 0 Å². The number of carbonyl (C=O) groups is 1. The maximum Gasteiger partial charge on any atom is 0.402 e. The molecule has 0 saturated carbocycles. The van der Waals surface area contributed by atoms with Gasteiger partial charge in [-0.2, -0.15) is 4.98 Å². The summed E-state index contributed by atoms with van der Waals surface area (Å²) in [6.07, 6.45) is -0.0676. The average Bonchev–Trinajstić information content (AvgIpc) is 2.58. The summed E-state index contributed by atoms with van der Waals surface area (Å²) in [5.41, 5.74) is 1.06. The number of oxazole rings is 1. The van der Waals surface area contributed by atoms with E-state index < -0.39 is 5.97 Å². The highest BCUT2D eigenvalue weighted by atomic mass is 16.6. The predicted molar refractivity (Wildman–Crippen MR) is 51.9 cm³/mol. The monoisotopic (exact) mass is 207 g/mol. The van der Waals surface area contributed by atoms with Gasteiger partial charge in [0, 0.05) is 6.92 Å². The van der Waals surface area contributed by atoms with E-state index in [-0.39, 0.29) is 6.08 Å². The molecule has 0 N–H and O–H groups in total. The van der Waals surface area contributed by atoms with Crippen LogP contribution in [0.15, 0.2) is 22.6 Å². The van der Waals surface area contributed by atoms with Gasteiger partial charge in [0.05, 0.1) is 7.11 Å². The molecule has 0 aliphatic rings. The molecular formula is C10H9NO4. The van der Waals surface area contributed by atoms with Crippen LogP contribution in [0.25, 0.3) is 11.1 Å². The number of esters is 1. The van der Waals surface area contributed by atoms with Gasteiger partial charge in [0.15, 0.2) is 11.1 Å². The number of methoxy groups -OCH3 is 1. The van der Waals surface area contributed by atoms with Crippen LogP contribution < -0.4 is 9.47 Å². The molecule has 2 aromatic rings. The molecule has 1 heterocycles. The van der Waals surface area contributed by atoms with Gasteiger partial charge in [0.1, 0.15) is 5.75 Å². The third-order valence-electron chi connectivity index (χ3n) is 1.81. The summed E-state index contributed by atoms with van der Waals surface area (Å²) >= 11 is 0. The third-order valence-corrected chi connectivity index (χ3v) is 1.81. The lowest BCUT2D eigenvalue weighted by atomic mass is 10.3. The molecule has 1 aromatic carbocycles. The molecule has 5 heteroatoms. The van der Waals surface area contributed by atoms with E-state index in [0.29, 0.717) is 16.8 Å². The Morgan fingerprint density at radius 3 is 2.93 bits per heavy atom. The fraction of sp³-hybridized carbons (Fsp3) is 0.200. The van der Waals surface area contributed by atoms with Crippen LogP contribution in [0.5, 0.6) is 11.8 Å². The molecule has 0 saturated heterocycles. The predicted octanol–water partition coefficient (Wildman–Crippen LogP) is 1.76. The number of hydrogen-bond acceptors (Lipinski definition) is 5. The van der Waals surface area contributed by atoms with Crippen molar-refractivity contribution in [1.29, 1.82) is 0 Å². The lowest BCUT2D eigenvalue weighted by molar-refractivity contribution is -0.133. The minimum absolute atomic E-state index is 0.0676. The van der Waals surface area contributed by atoms with Crippen molar-refractivity contribution in [2.45, 2.75) is 6.92 Å². The van der Waals surface area contributed by atoms with Crippen molar-refractivity contribution in [2.24, 2.45) is 0 Å². The van der Waals surface area contributed by atoms with Gasteiger partial charge in [-0.15, -0.1) is 0 Å². The van der Waals surface area contributed by atoms with Gasteiger partial charge in [-0.3, -0.25) is 4.79 Å². The molecule has 0 aliphatic carbocycles. The van der Waals surface area contributed by atoms with Gasteiger partial charge in [-0.25, -0.2) is 0 Å². The number of carbonyl (C=O) groups excluding carboxylic acids is 1. The van der Waals surface area contributed by atoms with Crippen molar-refractivity contribution < 1.29 is 18.7 Å². The highest BCUT2D eigenvalue weighted by Gasteiger charge is 2.12. The summed E-state index contributed by atoms with van der Waals surface area (Å²) in [6, 6.07) is 5.24. The molecule has 0 bridgehead atoms. The zero-order valence-electron chi connectivity index (χ0n) is 8.31. The minimum Gasteiger partial charge on any atom is -0.494 e. The molecule has 2 rings (SSSR count). The van der Waals surface area contributed by atoms with Gasteiger partial charge < -0.3 is 13.9 Å². The van der Waals surface area contributed by atoms with E-state index in [1.54, 1.807) is 18.2 Å². The smallest absolute Gasteiger partial charge is 0.402 e. The minimum atomic E-state index is -0.472. The quantitative estimate of drug-likeness (QED) is 0.702.